The van der Waals surface area contributed by atoms with Crippen LogP contribution in [0.5, 0.6) is 0 Å². The number of ether oxygens (including phenoxy) is 1. The Morgan fingerprint density at radius 2 is 1.92 bits per heavy atom. The summed E-state index contributed by atoms with van der Waals surface area (Å²) in [4.78, 5) is 46.8. The van der Waals surface area contributed by atoms with Gasteiger partial charge in [0.25, 0.3) is 0 Å². The van der Waals surface area contributed by atoms with E-state index in [2.05, 4.69) is 20.1 Å². The van der Waals surface area contributed by atoms with E-state index in [9.17, 15) is 19.5 Å². The van der Waals surface area contributed by atoms with Crippen molar-refractivity contribution in [2.24, 2.45) is 17.8 Å². The Morgan fingerprint density at radius 1 is 1.22 bits per heavy atom. The molecule has 2 bridgehead atoms. The molecule has 0 aliphatic carbocycles. The number of unbranched alkanes of at least 4 members (excludes halogenated alkanes) is 2. The van der Waals surface area contributed by atoms with Crippen LogP contribution in [-0.2, 0) is 19.1 Å². The van der Waals surface area contributed by atoms with Crippen LogP contribution in [-0.4, -0.2) is 94.6 Å². The highest BCUT2D eigenvalue weighted by atomic mass is 16.5. The smallest absolute Gasteiger partial charge is 0.248 e. The van der Waals surface area contributed by atoms with Crippen LogP contribution < -0.4 is 0 Å². The van der Waals surface area contributed by atoms with Crippen LogP contribution in [0.3, 0.4) is 0 Å². The average Bonchev–Trinajstić information content (AvgIpc) is 3.48. The standard InChI is InChI=1S/C28H45N3O5/c1-7-10-11-16-30(15-9-3)27(35)24-28-13-12-21(36-28)22(25(33)29(6)14-8-2)23(28)26(34)31(24)20(18-32)17-19(4)5/h8-9,19-24,32H,2-3,7,10-18H2,1,4-6H3/t20-,21-,22+,23+,24?,28?/m1/s1. The molecule has 0 radical (unpaired) electrons. The summed E-state index contributed by atoms with van der Waals surface area (Å²) in [5.74, 6) is -1.71. The maximum atomic E-state index is 14.2. The van der Waals surface area contributed by atoms with E-state index < -0.39 is 29.5 Å². The van der Waals surface area contributed by atoms with E-state index >= 15 is 0 Å². The summed E-state index contributed by atoms with van der Waals surface area (Å²) < 4.78 is 6.54. The predicted molar refractivity (Wildman–Crippen MR) is 139 cm³/mol. The molecule has 3 fully saturated rings. The number of hydrogen-bond acceptors (Lipinski definition) is 5. The summed E-state index contributed by atoms with van der Waals surface area (Å²) in [6, 6.07) is -1.38. The average molecular weight is 504 g/mol. The number of hydrogen-bond donors (Lipinski definition) is 1. The van der Waals surface area contributed by atoms with Gasteiger partial charge in [-0.1, -0.05) is 45.8 Å². The van der Waals surface area contributed by atoms with Gasteiger partial charge in [-0.05, 0) is 31.6 Å². The fourth-order valence-corrected chi connectivity index (χ4v) is 6.58. The van der Waals surface area contributed by atoms with Gasteiger partial charge in [0.05, 0.1) is 30.6 Å². The molecule has 8 nitrogen and oxygen atoms in total. The highest BCUT2D eigenvalue weighted by Gasteiger charge is 2.75. The first-order valence-electron chi connectivity index (χ1n) is 13.5. The molecular weight excluding hydrogens is 458 g/mol. The van der Waals surface area contributed by atoms with Crippen molar-refractivity contribution in [3.8, 4) is 0 Å². The molecule has 3 heterocycles. The molecule has 6 atom stereocenters. The molecule has 3 rings (SSSR count). The van der Waals surface area contributed by atoms with Gasteiger partial charge in [0.15, 0.2) is 0 Å². The third kappa shape index (κ3) is 4.99. The fraction of sp³-hybridized carbons (Fsp3) is 0.750. The summed E-state index contributed by atoms with van der Waals surface area (Å²) in [5.41, 5.74) is -1.05. The van der Waals surface area contributed by atoms with Crippen LogP contribution in [0.4, 0.5) is 0 Å². The van der Waals surface area contributed by atoms with Gasteiger partial charge in [0.1, 0.15) is 11.6 Å². The lowest BCUT2D eigenvalue weighted by Gasteiger charge is -2.39. The van der Waals surface area contributed by atoms with Gasteiger partial charge in [-0.25, -0.2) is 0 Å². The zero-order valence-electron chi connectivity index (χ0n) is 22.5. The molecule has 8 heteroatoms. The first kappa shape index (κ1) is 28.4. The van der Waals surface area contributed by atoms with Crippen molar-refractivity contribution < 1.29 is 24.2 Å². The molecule has 1 N–H and O–H groups in total. The molecule has 3 amide bonds. The number of rotatable bonds is 14. The highest BCUT2D eigenvalue weighted by molar-refractivity contribution is 5.99. The van der Waals surface area contributed by atoms with Crippen LogP contribution in [0, 0.1) is 17.8 Å². The molecule has 0 saturated carbocycles. The summed E-state index contributed by atoms with van der Waals surface area (Å²) in [7, 11) is 1.71. The molecule has 3 aliphatic rings. The Labute approximate surface area is 216 Å². The van der Waals surface area contributed by atoms with E-state index in [0.29, 0.717) is 38.9 Å². The van der Waals surface area contributed by atoms with Gasteiger partial charge in [-0.2, -0.15) is 0 Å². The van der Waals surface area contributed by atoms with Crippen molar-refractivity contribution in [2.45, 2.75) is 83.1 Å². The molecule has 0 aromatic carbocycles. The van der Waals surface area contributed by atoms with E-state index in [-0.39, 0.29) is 36.4 Å². The van der Waals surface area contributed by atoms with Crippen molar-refractivity contribution in [3.05, 3.63) is 25.3 Å². The van der Waals surface area contributed by atoms with E-state index in [1.165, 1.54) is 0 Å². The van der Waals surface area contributed by atoms with Gasteiger partial charge in [-0.15, -0.1) is 13.2 Å². The molecule has 1 spiro atoms. The number of likely N-dealkylation sites (tertiary alicyclic amines) is 1. The zero-order chi connectivity index (χ0) is 26.6. The van der Waals surface area contributed by atoms with E-state index in [0.717, 1.165) is 19.3 Å². The third-order valence-electron chi connectivity index (χ3n) is 8.08. The Hall–Kier alpha value is -2.19. The van der Waals surface area contributed by atoms with E-state index in [1.807, 2.05) is 13.8 Å². The van der Waals surface area contributed by atoms with Crippen LogP contribution >= 0.6 is 0 Å². The number of aliphatic hydroxyl groups is 1. The number of aliphatic hydroxyl groups excluding tert-OH is 1. The van der Waals surface area contributed by atoms with E-state index in [4.69, 9.17) is 4.74 Å². The minimum absolute atomic E-state index is 0.150. The minimum Gasteiger partial charge on any atom is -0.394 e. The number of carbonyl (C=O) groups excluding carboxylic acids is 3. The lowest BCUT2D eigenvalue weighted by atomic mass is 9.70. The van der Waals surface area contributed by atoms with Crippen LogP contribution in [0.15, 0.2) is 25.3 Å². The number of nitrogens with zero attached hydrogens (tertiary/aromatic N) is 3. The Morgan fingerprint density at radius 3 is 2.50 bits per heavy atom. The van der Waals surface area contributed by atoms with Crippen molar-refractivity contribution in [1.29, 1.82) is 0 Å². The number of fused-ring (bicyclic) bond motifs is 1. The Bertz CT molecular complexity index is 845. The molecule has 0 aromatic rings. The van der Waals surface area contributed by atoms with Gasteiger partial charge in [0.2, 0.25) is 17.7 Å². The molecule has 202 valence electrons. The molecular formula is C28H45N3O5. The van der Waals surface area contributed by atoms with Gasteiger partial charge >= 0.3 is 0 Å². The lowest BCUT2D eigenvalue weighted by Crippen LogP contribution is -2.59. The zero-order valence-corrected chi connectivity index (χ0v) is 22.5. The van der Waals surface area contributed by atoms with Crippen molar-refractivity contribution in [1.82, 2.24) is 14.7 Å². The summed E-state index contributed by atoms with van der Waals surface area (Å²) in [6.45, 7) is 14.8. The topological polar surface area (TPSA) is 90.4 Å². The van der Waals surface area contributed by atoms with Crippen molar-refractivity contribution >= 4 is 17.7 Å². The first-order chi connectivity index (χ1) is 17.2. The molecule has 2 unspecified atom stereocenters. The monoisotopic (exact) mass is 503 g/mol. The molecule has 0 aromatic heterocycles. The molecule has 36 heavy (non-hydrogen) atoms. The Balaban J connectivity index is 2.05. The maximum Gasteiger partial charge on any atom is 0.248 e. The fourth-order valence-electron chi connectivity index (χ4n) is 6.58. The third-order valence-corrected chi connectivity index (χ3v) is 8.08. The van der Waals surface area contributed by atoms with Gasteiger partial charge in [-0.3, -0.25) is 14.4 Å². The second-order valence-corrected chi connectivity index (χ2v) is 11.1. The second-order valence-electron chi connectivity index (χ2n) is 11.1. The van der Waals surface area contributed by atoms with Crippen LogP contribution in [0.25, 0.3) is 0 Å². The summed E-state index contributed by atoms with van der Waals surface area (Å²) >= 11 is 0. The SMILES string of the molecule is C=CCN(C)C(=O)[C@@H]1[C@H]2C(=O)N([C@@H](CO)CC(C)C)C(C(=O)N(CC=C)CCCCC)C23CC[C@H]1O3. The van der Waals surface area contributed by atoms with Crippen LogP contribution in [0.2, 0.25) is 0 Å². The number of likely N-dealkylation sites (N-methyl/N-ethyl adjacent to an activating group) is 1. The van der Waals surface area contributed by atoms with Crippen molar-refractivity contribution in [3.63, 3.8) is 0 Å². The highest BCUT2D eigenvalue weighted by Crippen LogP contribution is 2.59. The Kier molecular flexibility index (Phi) is 9.39. The number of amides is 3. The first-order valence-corrected chi connectivity index (χ1v) is 13.5. The second kappa shape index (κ2) is 11.9. The van der Waals surface area contributed by atoms with Crippen LogP contribution in [0.1, 0.15) is 59.3 Å². The largest absolute Gasteiger partial charge is 0.394 e. The van der Waals surface area contributed by atoms with Gasteiger partial charge in [0, 0.05) is 26.7 Å². The lowest BCUT2D eigenvalue weighted by molar-refractivity contribution is -0.152. The number of carbonyl (C=O) groups is 3. The van der Waals surface area contributed by atoms with Crippen molar-refractivity contribution in [2.75, 3.05) is 33.3 Å². The molecule has 3 saturated heterocycles. The predicted octanol–water partition coefficient (Wildman–Crippen LogP) is 2.62. The summed E-state index contributed by atoms with van der Waals surface area (Å²) in [5, 5.41) is 10.4. The normalized spacial score (nSPS) is 29.4. The quantitative estimate of drug-likeness (QED) is 0.291. The summed E-state index contributed by atoms with van der Waals surface area (Å²) in [6.07, 6.45) is 7.61. The maximum absolute atomic E-state index is 14.2. The minimum atomic E-state index is -1.05. The van der Waals surface area contributed by atoms with Gasteiger partial charge < -0.3 is 24.5 Å². The van der Waals surface area contributed by atoms with E-state index in [1.54, 1.807) is 33.9 Å². The molecule has 3 aliphatic heterocycles.